The van der Waals surface area contributed by atoms with Gasteiger partial charge in [-0.1, -0.05) is 0 Å². The zero-order chi connectivity index (χ0) is 10.8. The van der Waals surface area contributed by atoms with Crippen molar-refractivity contribution < 1.29 is 9.90 Å². The Morgan fingerprint density at radius 3 is 2.73 bits per heavy atom. The smallest absolute Gasteiger partial charge is 0.237 e. The molecule has 0 radical (unpaired) electrons. The summed E-state index contributed by atoms with van der Waals surface area (Å²) in [7, 11) is 0. The number of aliphatic hydroxyl groups excluding tert-OH is 1. The number of aliphatic hydroxyl groups is 1. The van der Waals surface area contributed by atoms with Crippen LogP contribution in [0.15, 0.2) is 0 Å². The van der Waals surface area contributed by atoms with Gasteiger partial charge in [-0.3, -0.25) is 9.80 Å². The van der Waals surface area contributed by atoms with Crippen molar-refractivity contribution in [2.24, 2.45) is 0 Å². The van der Waals surface area contributed by atoms with Gasteiger partial charge in [0.25, 0.3) is 0 Å². The largest absolute Gasteiger partial charge is 0.395 e. The molecule has 2 rings (SSSR count). The molecule has 4 nitrogen and oxygen atoms in total. The van der Waals surface area contributed by atoms with Gasteiger partial charge in [-0.25, -0.2) is 5.01 Å². The standard InChI is InChI=1S/C11H20N2O2/c1-9(8-14)12-7-3-6-11(15)13(12)10-4-2-5-10/h9-10,14H,2-8H2,1H3. The second-order valence-electron chi connectivity index (χ2n) is 4.62. The van der Waals surface area contributed by atoms with E-state index in [-0.39, 0.29) is 18.6 Å². The van der Waals surface area contributed by atoms with E-state index >= 15 is 0 Å². The van der Waals surface area contributed by atoms with E-state index < -0.39 is 0 Å². The SMILES string of the molecule is CC(CO)N1CCCC(=O)N1C1CCC1. The lowest BCUT2D eigenvalue weighted by atomic mass is 9.91. The highest BCUT2D eigenvalue weighted by atomic mass is 16.3. The van der Waals surface area contributed by atoms with Crippen molar-refractivity contribution in [3.63, 3.8) is 0 Å². The predicted molar refractivity (Wildman–Crippen MR) is 57.0 cm³/mol. The molecule has 0 spiro atoms. The second-order valence-corrected chi connectivity index (χ2v) is 4.62. The highest BCUT2D eigenvalue weighted by Crippen LogP contribution is 2.29. The van der Waals surface area contributed by atoms with E-state index in [9.17, 15) is 9.90 Å². The molecule has 15 heavy (non-hydrogen) atoms. The first kappa shape index (κ1) is 10.9. The minimum atomic E-state index is 0.0647. The number of hydrazine groups is 1. The van der Waals surface area contributed by atoms with Crippen molar-refractivity contribution in [2.45, 2.75) is 51.1 Å². The number of rotatable bonds is 3. The molecule has 1 saturated heterocycles. The molecule has 1 atom stereocenters. The number of hydrogen-bond donors (Lipinski definition) is 1. The molecule has 0 bridgehead atoms. The Labute approximate surface area is 90.8 Å². The van der Waals surface area contributed by atoms with E-state index in [1.807, 2.05) is 11.9 Å². The van der Waals surface area contributed by atoms with Crippen LogP contribution in [0.5, 0.6) is 0 Å². The second kappa shape index (κ2) is 4.49. The van der Waals surface area contributed by atoms with Crippen molar-refractivity contribution in [2.75, 3.05) is 13.2 Å². The Balaban J connectivity index is 2.07. The third kappa shape index (κ3) is 2.01. The highest BCUT2D eigenvalue weighted by Gasteiger charge is 2.36. The van der Waals surface area contributed by atoms with Crippen LogP contribution in [0, 0.1) is 0 Å². The van der Waals surface area contributed by atoms with Crippen molar-refractivity contribution in [3.8, 4) is 0 Å². The average Bonchev–Trinajstić information content (AvgIpc) is 2.17. The van der Waals surface area contributed by atoms with Gasteiger partial charge in [0.05, 0.1) is 6.61 Å². The molecule has 1 amide bonds. The number of amides is 1. The average molecular weight is 212 g/mol. The van der Waals surface area contributed by atoms with Crippen LogP contribution in [0.2, 0.25) is 0 Å². The fraction of sp³-hybridized carbons (Fsp3) is 0.909. The van der Waals surface area contributed by atoms with Crippen LogP contribution in [-0.4, -0.2) is 46.3 Å². The maximum atomic E-state index is 11.9. The van der Waals surface area contributed by atoms with Gasteiger partial charge in [0.15, 0.2) is 0 Å². The van der Waals surface area contributed by atoms with E-state index in [2.05, 4.69) is 5.01 Å². The van der Waals surface area contributed by atoms with Crippen molar-refractivity contribution in [1.82, 2.24) is 10.0 Å². The Bertz CT molecular complexity index is 241. The van der Waals surface area contributed by atoms with Gasteiger partial charge in [-0.05, 0) is 32.6 Å². The van der Waals surface area contributed by atoms with Gasteiger partial charge in [0.2, 0.25) is 5.91 Å². The van der Waals surface area contributed by atoms with Gasteiger partial charge < -0.3 is 5.11 Å². The summed E-state index contributed by atoms with van der Waals surface area (Å²) >= 11 is 0. The van der Waals surface area contributed by atoms with Crippen LogP contribution < -0.4 is 0 Å². The molecular formula is C11H20N2O2. The number of hydrogen-bond acceptors (Lipinski definition) is 3. The number of carbonyl (C=O) groups excluding carboxylic acids is 1. The van der Waals surface area contributed by atoms with Crippen LogP contribution >= 0.6 is 0 Å². The van der Waals surface area contributed by atoms with Crippen molar-refractivity contribution in [3.05, 3.63) is 0 Å². The first-order valence-electron chi connectivity index (χ1n) is 5.93. The van der Waals surface area contributed by atoms with E-state index in [1.165, 1.54) is 6.42 Å². The molecule has 1 N–H and O–H groups in total. The molecule has 1 unspecified atom stereocenters. The van der Waals surface area contributed by atoms with Crippen LogP contribution in [0.1, 0.15) is 39.0 Å². The topological polar surface area (TPSA) is 43.8 Å². The van der Waals surface area contributed by atoms with E-state index in [4.69, 9.17) is 0 Å². The monoisotopic (exact) mass is 212 g/mol. The van der Waals surface area contributed by atoms with Crippen LogP contribution in [0.25, 0.3) is 0 Å². The summed E-state index contributed by atoms with van der Waals surface area (Å²) < 4.78 is 0. The van der Waals surface area contributed by atoms with E-state index in [1.54, 1.807) is 0 Å². The van der Waals surface area contributed by atoms with Crippen molar-refractivity contribution >= 4 is 5.91 Å². The molecule has 0 aromatic heterocycles. The maximum absolute atomic E-state index is 11.9. The zero-order valence-corrected chi connectivity index (χ0v) is 9.35. The van der Waals surface area contributed by atoms with Gasteiger partial charge >= 0.3 is 0 Å². The molecule has 1 aliphatic heterocycles. The lowest BCUT2D eigenvalue weighted by molar-refractivity contribution is -0.176. The molecular weight excluding hydrogens is 192 g/mol. The molecule has 0 aromatic carbocycles. The number of carbonyl (C=O) groups is 1. The van der Waals surface area contributed by atoms with E-state index in [0.29, 0.717) is 12.5 Å². The fourth-order valence-electron chi connectivity index (χ4n) is 2.33. The van der Waals surface area contributed by atoms with E-state index in [0.717, 1.165) is 25.8 Å². The Hall–Kier alpha value is -0.610. The number of nitrogens with zero attached hydrogens (tertiary/aromatic N) is 2. The molecule has 1 heterocycles. The van der Waals surface area contributed by atoms with Gasteiger partial charge in [0.1, 0.15) is 0 Å². The third-order valence-electron chi connectivity index (χ3n) is 3.50. The van der Waals surface area contributed by atoms with Crippen LogP contribution in [0.4, 0.5) is 0 Å². The fourth-order valence-corrected chi connectivity index (χ4v) is 2.33. The summed E-state index contributed by atoms with van der Waals surface area (Å²) in [6.07, 6.45) is 5.08. The summed E-state index contributed by atoms with van der Waals surface area (Å²) in [6, 6.07) is 0.474. The van der Waals surface area contributed by atoms with Crippen LogP contribution in [-0.2, 0) is 4.79 Å². The molecule has 4 heteroatoms. The molecule has 2 fully saturated rings. The Morgan fingerprint density at radius 2 is 2.20 bits per heavy atom. The van der Waals surface area contributed by atoms with Gasteiger partial charge in [-0.2, -0.15) is 0 Å². The van der Waals surface area contributed by atoms with Gasteiger partial charge in [-0.15, -0.1) is 0 Å². The van der Waals surface area contributed by atoms with Gasteiger partial charge in [0, 0.05) is 25.0 Å². The Morgan fingerprint density at radius 1 is 1.47 bits per heavy atom. The van der Waals surface area contributed by atoms with Crippen LogP contribution in [0.3, 0.4) is 0 Å². The lowest BCUT2D eigenvalue weighted by Crippen LogP contribution is -2.60. The van der Waals surface area contributed by atoms with Crippen molar-refractivity contribution in [1.29, 1.82) is 0 Å². The third-order valence-corrected chi connectivity index (χ3v) is 3.50. The molecule has 1 aliphatic carbocycles. The normalized spacial score (nSPS) is 26.5. The quantitative estimate of drug-likeness (QED) is 0.751. The zero-order valence-electron chi connectivity index (χ0n) is 9.35. The molecule has 86 valence electrons. The maximum Gasteiger partial charge on any atom is 0.237 e. The summed E-state index contributed by atoms with van der Waals surface area (Å²) in [5, 5.41) is 13.2. The Kier molecular flexibility index (Phi) is 3.26. The molecule has 2 aliphatic rings. The molecule has 1 saturated carbocycles. The minimum Gasteiger partial charge on any atom is -0.395 e. The first-order chi connectivity index (χ1) is 7.24. The minimum absolute atomic E-state index is 0.0647. The molecule has 0 aromatic rings. The first-order valence-corrected chi connectivity index (χ1v) is 5.93. The summed E-state index contributed by atoms with van der Waals surface area (Å²) in [4.78, 5) is 11.9. The summed E-state index contributed by atoms with van der Waals surface area (Å²) in [6.45, 7) is 3.00. The highest BCUT2D eigenvalue weighted by molar-refractivity contribution is 5.76. The summed E-state index contributed by atoms with van der Waals surface area (Å²) in [5.74, 6) is 0.242. The summed E-state index contributed by atoms with van der Waals surface area (Å²) in [5.41, 5.74) is 0. The predicted octanol–water partition coefficient (Wildman–Crippen LogP) is 0.759. The lowest BCUT2D eigenvalue weighted by Gasteiger charge is -2.48.